The first-order valence-electron chi connectivity index (χ1n) is 15.5. The van der Waals surface area contributed by atoms with E-state index in [9.17, 15) is 22.8 Å². The van der Waals surface area contributed by atoms with Crippen LogP contribution in [0.5, 0.6) is 0 Å². The minimum absolute atomic E-state index is 0.0131. The molecule has 44 heavy (non-hydrogen) atoms. The SMILES string of the molecule is O=C(NC1CCc2ccc(C(=O)N3CCC4(CCN(CCc5ccccc5)CC4)CC3)cc21)c1cc(C(F)(F)F)ccc1Cl. The van der Waals surface area contributed by atoms with Gasteiger partial charge in [0, 0.05) is 25.2 Å². The molecule has 1 aliphatic carbocycles. The van der Waals surface area contributed by atoms with Crippen LogP contribution in [0.25, 0.3) is 0 Å². The van der Waals surface area contributed by atoms with Crippen molar-refractivity contribution < 1.29 is 22.8 Å². The Labute approximate surface area is 261 Å². The van der Waals surface area contributed by atoms with Crippen molar-refractivity contribution in [3.05, 3.63) is 105 Å². The predicted octanol–water partition coefficient (Wildman–Crippen LogP) is 7.34. The topological polar surface area (TPSA) is 52.7 Å². The van der Waals surface area contributed by atoms with E-state index in [0.29, 0.717) is 23.8 Å². The van der Waals surface area contributed by atoms with E-state index >= 15 is 0 Å². The zero-order valence-electron chi connectivity index (χ0n) is 24.6. The lowest BCUT2D eigenvalue weighted by Gasteiger charge is -2.47. The van der Waals surface area contributed by atoms with Crippen molar-refractivity contribution in [3.8, 4) is 0 Å². The van der Waals surface area contributed by atoms with Crippen molar-refractivity contribution in [1.29, 1.82) is 0 Å². The Bertz CT molecular complexity index is 1510. The van der Waals surface area contributed by atoms with Crippen molar-refractivity contribution in [2.24, 2.45) is 5.41 Å². The zero-order chi connectivity index (χ0) is 30.9. The highest BCUT2D eigenvalue weighted by Crippen LogP contribution is 2.42. The van der Waals surface area contributed by atoms with Crippen LogP contribution < -0.4 is 5.32 Å². The predicted molar refractivity (Wildman–Crippen MR) is 165 cm³/mol. The summed E-state index contributed by atoms with van der Waals surface area (Å²) >= 11 is 6.10. The largest absolute Gasteiger partial charge is 0.416 e. The summed E-state index contributed by atoms with van der Waals surface area (Å²) in [5, 5.41) is 2.81. The number of carbonyl (C=O) groups excluding carboxylic acids is 2. The van der Waals surface area contributed by atoms with Gasteiger partial charge in [0.05, 0.1) is 22.2 Å². The average Bonchev–Trinajstić information content (AvgIpc) is 3.42. The fourth-order valence-electron chi connectivity index (χ4n) is 7.05. The normalized spacial score (nSPS) is 20.0. The molecule has 2 amide bonds. The maximum atomic E-state index is 13.6. The van der Waals surface area contributed by atoms with Gasteiger partial charge in [0.1, 0.15) is 0 Å². The standard InChI is InChI=1S/C35H37ClF3N3O2/c36-30-10-9-27(35(37,38)39)23-29(30)32(43)40-31-11-8-25-6-7-26(22-28(25)31)33(44)42-20-15-34(16-21-42)13-18-41(19-14-34)17-12-24-4-2-1-3-5-24/h1-7,9-10,22-23,31H,8,11-21H2,(H,40,43). The summed E-state index contributed by atoms with van der Waals surface area (Å²) in [4.78, 5) is 31.1. The van der Waals surface area contributed by atoms with Crippen molar-refractivity contribution in [3.63, 3.8) is 0 Å². The summed E-state index contributed by atoms with van der Waals surface area (Å²) in [6, 6.07) is 18.6. The molecule has 3 aromatic carbocycles. The van der Waals surface area contributed by atoms with E-state index in [1.54, 1.807) is 0 Å². The highest BCUT2D eigenvalue weighted by atomic mass is 35.5. The van der Waals surface area contributed by atoms with Crippen molar-refractivity contribution in [1.82, 2.24) is 15.1 Å². The minimum Gasteiger partial charge on any atom is -0.345 e. The number of amides is 2. The molecular formula is C35H37ClF3N3O2. The first-order chi connectivity index (χ1) is 21.1. The number of halogens is 4. The van der Waals surface area contributed by atoms with Gasteiger partial charge in [0.2, 0.25) is 0 Å². The van der Waals surface area contributed by atoms with Gasteiger partial charge in [-0.3, -0.25) is 9.59 Å². The molecule has 0 saturated carbocycles. The van der Waals surface area contributed by atoms with E-state index in [1.165, 1.54) is 18.4 Å². The van der Waals surface area contributed by atoms with Gasteiger partial charge in [0.25, 0.3) is 11.8 Å². The Hall–Kier alpha value is -3.36. The van der Waals surface area contributed by atoms with E-state index < -0.39 is 23.7 Å². The Kier molecular flexibility index (Phi) is 8.75. The molecule has 2 aliphatic heterocycles. The van der Waals surface area contributed by atoms with Crippen LogP contribution in [-0.4, -0.2) is 54.3 Å². The van der Waals surface area contributed by atoms with Crippen LogP contribution in [0.1, 0.15) is 81.1 Å². The molecule has 6 rings (SSSR count). The summed E-state index contributed by atoms with van der Waals surface area (Å²) in [6.07, 6.45) is 2.14. The maximum absolute atomic E-state index is 13.6. The van der Waals surface area contributed by atoms with Gasteiger partial charge >= 0.3 is 6.18 Å². The second kappa shape index (κ2) is 12.6. The average molecular weight is 624 g/mol. The molecule has 2 fully saturated rings. The number of hydrogen-bond acceptors (Lipinski definition) is 3. The number of hydrogen-bond donors (Lipinski definition) is 1. The lowest BCUT2D eigenvalue weighted by molar-refractivity contribution is -0.137. The van der Waals surface area contributed by atoms with Crippen molar-refractivity contribution in [2.75, 3.05) is 32.7 Å². The molecule has 1 spiro atoms. The molecule has 2 saturated heterocycles. The third-order valence-corrected chi connectivity index (χ3v) is 10.2. The van der Waals surface area contributed by atoms with E-state index in [-0.39, 0.29) is 16.5 Å². The third-order valence-electron chi connectivity index (χ3n) is 9.90. The Morgan fingerprint density at radius 3 is 2.32 bits per heavy atom. The van der Waals surface area contributed by atoms with Gasteiger partial charge in [-0.1, -0.05) is 48.0 Å². The zero-order valence-corrected chi connectivity index (χ0v) is 25.4. The second-order valence-electron chi connectivity index (χ2n) is 12.5. The number of rotatable bonds is 6. The Morgan fingerprint density at radius 2 is 1.61 bits per heavy atom. The van der Waals surface area contributed by atoms with E-state index in [0.717, 1.165) is 81.3 Å². The van der Waals surface area contributed by atoms with E-state index in [1.807, 2.05) is 23.1 Å². The first-order valence-corrected chi connectivity index (χ1v) is 15.8. The second-order valence-corrected chi connectivity index (χ2v) is 12.9. The van der Waals surface area contributed by atoms with Gasteiger partial charge in [-0.2, -0.15) is 13.2 Å². The lowest BCUT2D eigenvalue weighted by Crippen LogP contribution is -2.48. The number of likely N-dealkylation sites (tertiary alicyclic amines) is 2. The van der Waals surface area contributed by atoms with Gasteiger partial charge < -0.3 is 15.1 Å². The molecule has 5 nitrogen and oxygen atoms in total. The summed E-state index contributed by atoms with van der Waals surface area (Å²) in [5.74, 6) is -0.677. The number of nitrogens with zero attached hydrogens (tertiary/aromatic N) is 2. The number of benzene rings is 3. The summed E-state index contributed by atoms with van der Waals surface area (Å²) in [5.41, 5.74) is 2.98. The number of aryl methyl sites for hydroxylation is 1. The highest BCUT2D eigenvalue weighted by Gasteiger charge is 2.39. The fraction of sp³-hybridized carbons (Fsp3) is 0.429. The molecule has 1 atom stereocenters. The molecule has 3 aromatic rings. The number of fused-ring (bicyclic) bond motifs is 1. The fourth-order valence-corrected chi connectivity index (χ4v) is 7.25. The minimum atomic E-state index is -4.58. The molecule has 0 radical (unpaired) electrons. The van der Waals surface area contributed by atoms with E-state index in [4.69, 9.17) is 11.6 Å². The van der Waals surface area contributed by atoms with Crippen molar-refractivity contribution >= 4 is 23.4 Å². The lowest BCUT2D eigenvalue weighted by atomic mass is 9.71. The molecule has 0 aromatic heterocycles. The van der Waals surface area contributed by atoms with Crippen LogP contribution in [0.15, 0.2) is 66.7 Å². The molecule has 2 heterocycles. The van der Waals surface area contributed by atoms with Gasteiger partial charge in [0.15, 0.2) is 0 Å². The summed E-state index contributed by atoms with van der Waals surface area (Å²) in [6.45, 7) is 4.74. The monoisotopic (exact) mass is 623 g/mol. The summed E-state index contributed by atoms with van der Waals surface area (Å²) in [7, 11) is 0. The number of piperidine rings is 2. The molecular weight excluding hydrogens is 587 g/mol. The molecule has 9 heteroatoms. The van der Waals surface area contributed by atoms with E-state index in [2.05, 4.69) is 40.5 Å². The Morgan fingerprint density at radius 1 is 0.909 bits per heavy atom. The first kappa shape index (κ1) is 30.7. The Balaban J connectivity index is 1.05. The molecule has 1 N–H and O–H groups in total. The quantitative estimate of drug-likeness (QED) is 0.313. The van der Waals surface area contributed by atoms with Gasteiger partial charge in [-0.05, 0) is 110 Å². The smallest absolute Gasteiger partial charge is 0.345 e. The van der Waals surface area contributed by atoms with Gasteiger partial charge in [-0.15, -0.1) is 0 Å². The summed E-state index contributed by atoms with van der Waals surface area (Å²) < 4.78 is 39.7. The third kappa shape index (κ3) is 6.66. The number of carbonyl (C=O) groups is 2. The molecule has 232 valence electrons. The van der Waals surface area contributed by atoms with Crippen LogP contribution in [0.2, 0.25) is 5.02 Å². The van der Waals surface area contributed by atoms with Crippen molar-refractivity contribution in [2.45, 2.75) is 57.2 Å². The molecule has 0 bridgehead atoms. The number of alkyl halides is 3. The molecule has 3 aliphatic rings. The van der Waals surface area contributed by atoms with Crippen LogP contribution in [0, 0.1) is 5.41 Å². The molecule has 1 unspecified atom stereocenters. The van der Waals surface area contributed by atoms with Crippen LogP contribution in [0.3, 0.4) is 0 Å². The van der Waals surface area contributed by atoms with Crippen LogP contribution in [0.4, 0.5) is 13.2 Å². The maximum Gasteiger partial charge on any atom is 0.416 e. The number of nitrogens with one attached hydrogen (secondary N) is 1. The van der Waals surface area contributed by atoms with Gasteiger partial charge in [-0.25, -0.2) is 0 Å². The van der Waals surface area contributed by atoms with Crippen LogP contribution in [-0.2, 0) is 19.0 Å². The highest BCUT2D eigenvalue weighted by molar-refractivity contribution is 6.33. The van der Waals surface area contributed by atoms with Crippen LogP contribution >= 0.6 is 11.6 Å².